The summed E-state index contributed by atoms with van der Waals surface area (Å²) in [5, 5.41) is 0. The number of carbonyl (C=O) groups is 1. The fourth-order valence-electron chi connectivity index (χ4n) is 2.96. The van der Waals surface area contributed by atoms with Crippen LogP contribution in [-0.2, 0) is 21.2 Å². The van der Waals surface area contributed by atoms with E-state index in [2.05, 4.69) is 4.72 Å². The van der Waals surface area contributed by atoms with E-state index in [9.17, 15) is 17.6 Å². The first-order valence-electron chi connectivity index (χ1n) is 7.98. The molecule has 1 N–H and O–H groups in total. The van der Waals surface area contributed by atoms with Crippen molar-refractivity contribution >= 4 is 27.3 Å². The first-order chi connectivity index (χ1) is 11.8. The normalized spacial score (nSPS) is 14.1. The van der Waals surface area contributed by atoms with Gasteiger partial charge in [-0.15, -0.1) is 0 Å². The zero-order valence-corrected chi connectivity index (χ0v) is 14.9. The largest absolute Gasteiger partial charge is 0.312 e. The summed E-state index contributed by atoms with van der Waals surface area (Å²) in [5.41, 5.74) is 2.38. The summed E-state index contributed by atoms with van der Waals surface area (Å²) in [7, 11) is -3.84. The first-order valence-corrected chi connectivity index (χ1v) is 9.46. The van der Waals surface area contributed by atoms with Crippen LogP contribution in [0, 0.1) is 12.7 Å². The number of nitrogens with zero attached hydrogens (tertiary/aromatic N) is 1. The number of fused-ring (bicyclic) bond motifs is 1. The molecule has 0 spiro atoms. The Bertz CT molecular complexity index is 941. The Morgan fingerprint density at radius 3 is 2.64 bits per heavy atom. The summed E-state index contributed by atoms with van der Waals surface area (Å²) < 4.78 is 40.9. The van der Waals surface area contributed by atoms with Gasteiger partial charge >= 0.3 is 0 Å². The van der Waals surface area contributed by atoms with Gasteiger partial charge in [0.15, 0.2) is 0 Å². The minimum atomic E-state index is -3.84. The van der Waals surface area contributed by atoms with E-state index in [1.807, 2.05) is 6.07 Å². The second-order valence-electron chi connectivity index (χ2n) is 6.13. The van der Waals surface area contributed by atoms with Crippen molar-refractivity contribution in [1.29, 1.82) is 0 Å². The van der Waals surface area contributed by atoms with E-state index in [0.717, 1.165) is 30.2 Å². The van der Waals surface area contributed by atoms with E-state index >= 15 is 0 Å². The number of rotatable bonds is 3. The molecule has 0 fully saturated rings. The van der Waals surface area contributed by atoms with Crippen LogP contribution >= 0.6 is 0 Å². The molecule has 1 amide bonds. The minimum absolute atomic E-state index is 0.00690. The van der Waals surface area contributed by atoms with E-state index in [4.69, 9.17) is 0 Å². The van der Waals surface area contributed by atoms with Gasteiger partial charge in [0.1, 0.15) is 5.82 Å². The number of nitrogens with one attached hydrogen (secondary N) is 1. The molecular formula is C18H19FN2O3S. The number of carbonyl (C=O) groups excluding carboxylic acids is 1. The molecule has 0 radical (unpaired) electrons. The fraction of sp³-hybridized carbons (Fsp3) is 0.278. The van der Waals surface area contributed by atoms with Crippen molar-refractivity contribution in [3.8, 4) is 0 Å². The third kappa shape index (κ3) is 3.51. The summed E-state index contributed by atoms with van der Waals surface area (Å²) in [5.74, 6) is -0.528. The van der Waals surface area contributed by atoms with Crippen LogP contribution < -0.4 is 9.62 Å². The Hall–Kier alpha value is -2.41. The van der Waals surface area contributed by atoms with Gasteiger partial charge in [-0.25, -0.2) is 12.8 Å². The topological polar surface area (TPSA) is 66.5 Å². The molecule has 2 aromatic carbocycles. The summed E-state index contributed by atoms with van der Waals surface area (Å²) in [6.45, 7) is 3.63. The predicted octanol–water partition coefficient (Wildman–Crippen LogP) is 3.23. The van der Waals surface area contributed by atoms with Crippen molar-refractivity contribution in [2.24, 2.45) is 0 Å². The van der Waals surface area contributed by atoms with Gasteiger partial charge in [0.25, 0.3) is 10.0 Å². The lowest BCUT2D eigenvalue weighted by molar-refractivity contribution is -0.116. The quantitative estimate of drug-likeness (QED) is 0.912. The number of anilines is 2. The highest BCUT2D eigenvalue weighted by atomic mass is 32.2. The zero-order chi connectivity index (χ0) is 18.2. The third-order valence-corrected chi connectivity index (χ3v) is 5.65. The zero-order valence-electron chi connectivity index (χ0n) is 14.0. The maximum Gasteiger partial charge on any atom is 0.261 e. The van der Waals surface area contributed by atoms with Gasteiger partial charge in [0.2, 0.25) is 5.91 Å². The van der Waals surface area contributed by atoms with E-state index in [0.29, 0.717) is 12.2 Å². The lowest BCUT2D eigenvalue weighted by Crippen LogP contribution is -2.33. The number of amides is 1. The highest BCUT2D eigenvalue weighted by Gasteiger charge is 2.22. The van der Waals surface area contributed by atoms with Crippen LogP contribution in [0.25, 0.3) is 0 Å². The van der Waals surface area contributed by atoms with Crippen LogP contribution in [0.1, 0.15) is 24.5 Å². The predicted molar refractivity (Wildman–Crippen MR) is 94.7 cm³/mol. The molecule has 0 aliphatic carbocycles. The number of hydrogen-bond acceptors (Lipinski definition) is 3. The molecular weight excluding hydrogens is 343 g/mol. The van der Waals surface area contributed by atoms with Crippen molar-refractivity contribution in [2.75, 3.05) is 16.2 Å². The highest BCUT2D eigenvalue weighted by molar-refractivity contribution is 7.92. The molecule has 0 aromatic heterocycles. The van der Waals surface area contributed by atoms with Crippen LogP contribution in [-0.4, -0.2) is 20.9 Å². The standard InChI is InChI=1S/C18H19FN2O3S/c1-12-10-16(7-8-17(12)19)25(23,24)20-15-6-5-14-4-3-9-21(13(2)22)18(14)11-15/h5-8,10-11,20H,3-4,9H2,1-2H3. The molecule has 25 heavy (non-hydrogen) atoms. The lowest BCUT2D eigenvalue weighted by atomic mass is 10.0. The number of hydrogen-bond donors (Lipinski definition) is 1. The Morgan fingerprint density at radius 2 is 1.96 bits per heavy atom. The monoisotopic (exact) mass is 362 g/mol. The summed E-state index contributed by atoms with van der Waals surface area (Å²) in [6.07, 6.45) is 1.73. The van der Waals surface area contributed by atoms with E-state index in [1.165, 1.54) is 26.0 Å². The Balaban J connectivity index is 1.94. The van der Waals surface area contributed by atoms with Crippen molar-refractivity contribution in [3.63, 3.8) is 0 Å². The molecule has 7 heteroatoms. The molecule has 2 aromatic rings. The molecule has 0 saturated carbocycles. The molecule has 1 heterocycles. The molecule has 0 atom stereocenters. The SMILES string of the molecule is CC(=O)N1CCCc2ccc(NS(=O)(=O)c3ccc(F)c(C)c3)cc21. The van der Waals surface area contributed by atoms with Gasteiger partial charge < -0.3 is 4.90 Å². The third-order valence-electron chi connectivity index (χ3n) is 4.28. The van der Waals surface area contributed by atoms with Gasteiger partial charge in [-0.3, -0.25) is 9.52 Å². The minimum Gasteiger partial charge on any atom is -0.312 e. The second-order valence-corrected chi connectivity index (χ2v) is 7.82. The van der Waals surface area contributed by atoms with Crippen LogP contribution in [0.15, 0.2) is 41.3 Å². The highest BCUT2D eigenvalue weighted by Crippen LogP contribution is 2.31. The van der Waals surface area contributed by atoms with Crippen LogP contribution in [0.3, 0.4) is 0 Å². The summed E-state index contributed by atoms with van der Waals surface area (Å²) >= 11 is 0. The molecule has 1 aliphatic rings. The number of benzene rings is 2. The summed E-state index contributed by atoms with van der Waals surface area (Å²) in [6, 6.07) is 8.83. The van der Waals surface area contributed by atoms with Crippen LogP contribution in [0.4, 0.5) is 15.8 Å². The van der Waals surface area contributed by atoms with Gasteiger partial charge in [0.05, 0.1) is 10.6 Å². The second kappa shape index (κ2) is 6.48. The van der Waals surface area contributed by atoms with E-state index < -0.39 is 15.8 Å². The molecule has 132 valence electrons. The fourth-order valence-corrected chi connectivity index (χ4v) is 4.10. The van der Waals surface area contributed by atoms with Crippen LogP contribution in [0.2, 0.25) is 0 Å². The Labute approximate surface area is 146 Å². The Kier molecular flexibility index (Phi) is 4.51. The van der Waals surface area contributed by atoms with Crippen molar-refractivity contribution in [3.05, 3.63) is 53.3 Å². The Morgan fingerprint density at radius 1 is 1.20 bits per heavy atom. The number of halogens is 1. The molecule has 0 bridgehead atoms. The number of aryl methyl sites for hydroxylation is 2. The smallest absolute Gasteiger partial charge is 0.261 e. The molecule has 1 aliphatic heterocycles. The lowest BCUT2D eigenvalue weighted by Gasteiger charge is -2.29. The maximum atomic E-state index is 13.4. The maximum absolute atomic E-state index is 13.4. The van der Waals surface area contributed by atoms with Gasteiger partial charge in [-0.2, -0.15) is 0 Å². The summed E-state index contributed by atoms with van der Waals surface area (Å²) in [4.78, 5) is 13.4. The van der Waals surface area contributed by atoms with Crippen LogP contribution in [0.5, 0.6) is 0 Å². The molecule has 0 unspecified atom stereocenters. The van der Waals surface area contributed by atoms with E-state index in [1.54, 1.807) is 17.0 Å². The molecule has 3 rings (SSSR count). The molecule has 0 saturated heterocycles. The first kappa shape index (κ1) is 17.4. The van der Waals surface area contributed by atoms with Gasteiger partial charge in [0, 0.05) is 19.2 Å². The van der Waals surface area contributed by atoms with Crippen molar-refractivity contribution < 1.29 is 17.6 Å². The van der Waals surface area contributed by atoms with Gasteiger partial charge in [-0.1, -0.05) is 6.07 Å². The van der Waals surface area contributed by atoms with Crippen molar-refractivity contribution in [2.45, 2.75) is 31.6 Å². The number of sulfonamides is 1. The average Bonchev–Trinajstić information content (AvgIpc) is 2.56. The van der Waals surface area contributed by atoms with Gasteiger partial charge in [-0.05, 0) is 61.2 Å². The van der Waals surface area contributed by atoms with Crippen molar-refractivity contribution in [1.82, 2.24) is 0 Å². The average molecular weight is 362 g/mol. The molecule has 5 nitrogen and oxygen atoms in total. The van der Waals surface area contributed by atoms with E-state index in [-0.39, 0.29) is 16.4 Å².